The lowest BCUT2D eigenvalue weighted by molar-refractivity contribution is -0.136. The number of imidazole rings is 2. The van der Waals surface area contributed by atoms with Crippen LogP contribution in [-0.4, -0.2) is 104 Å². The monoisotopic (exact) mass is 969 g/mol. The molecule has 10 rings (SSSR count). The highest BCUT2D eigenvalue weighted by Gasteiger charge is 2.40. The Bertz CT molecular complexity index is 3030. The molecule has 0 spiro atoms. The number of likely N-dealkylation sites (tertiary alicyclic amines) is 2. The predicted octanol–water partition coefficient (Wildman–Crippen LogP) is 8.97. The molecule has 2 fully saturated rings. The van der Waals surface area contributed by atoms with Gasteiger partial charge in [-0.3, -0.25) is 9.59 Å². The van der Waals surface area contributed by atoms with Gasteiger partial charge >= 0.3 is 12.2 Å². The Labute approximate surface area is 410 Å². The quantitative estimate of drug-likeness (QED) is 0.0972. The number of aryl methyl sites for hydroxylation is 1. The summed E-state index contributed by atoms with van der Waals surface area (Å²) in [4.78, 5) is 71.9. The van der Waals surface area contributed by atoms with E-state index >= 15 is 4.39 Å². The normalized spacial score (nSPS) is 20.2. The maximum Gasteiger partial charge on any atom is 0.407 e. The number of carbonyl (C=O) groups excluding carboxylic acids is 4. The number of rotatable bonds is 11. The number of nitrogens with one attached hydrogen (secondary N) is 4. The summed E-state index contributed by atoms with van der Waals surface area (Å²) in [5.41, 5.74) is 6.47. The van der Waals surface area contributed by atoms with Crippen LogP contribution < -0.4 is 20.1 Å². The predicted molar refractivity (Wildman–Crippen MR) is 262 cm³/mol. The Hall–Kier alpha value is -7.37. The minimum absolute atomic E-state index is 0.112. The molecule has 6 aromatic rings. The summed E-state index contributed by atoms with van der Waals surface area (Å²) in [6, 6.07) is 15.3. The van der Waals surface area contributed by atoms with Gasteiger partial charge < -0.3 is 53.9 Å². The number of carbonyl (C=O) groups is 4. The fourth-order valence-electron chi connectivity index (χ4n) is 10.7. The second kappa shape index (κ2) is 19.1. The van der Waals surface area contributed by atoms with Crippen LogP contribution in [0, 0.1) is 17.7 Å². The molecule has 6 atom stereocenters. The summed E-state index contributed by atoms with van der Waals surface area (Å²) in [5.74, 6) is 1.20. The molecule has 4 aliphatic rings. The number of methoxy groups -OCH3 is 2. The highest BCUT2D eigenvalue weighted by molar-refractivity contribution is 5.93. The smallest absolute Gasteiger partial charge is 0.407 e. The van der Waals surface area contributed by atoms with Crippen LogP contribution in [0.5, 0.6) is 11.5 Å². The molecule has 2 saturated heterocycles. The van der Waals surface area contributed by atoms with E-state index in [2.05, 4.69) is 33.6 Å². The lowest BCUT2D eigenvalue weighted by atomic mass is 9.98. The van der Waals surface area contributed by atoms with Crippen LogP contribution in [0.1, 0.15) is 108 Å². The van der Waals surface area contributed by atoms with Crippen molar-refractivity contribution in [3.05, 3.63) is 95.6 Å². The van der Waals surface area contributed by atoms with Crippen molar-refractivity contribution in [3.63, 3.8) is 0 Å². The third-order valence-corrected chi connectivity index (χ3v) is 14.4. The van der Waals surface area contributed by atoms with Gasteiger partial charge in [-0.15, -0.1) is 0 Å². The van der Waals surface area contributed by atoms with Gasteiger partial charge in [-0.1, -0.05) is 33.8 Å². The van der Waals surface area contributed by atoms with E-state index in [4.69, 9.17) is 28.9 Å². The first-order chi connectivity index (χ1) is 34.2. The highest BCUT2D eigenvalue weighted by atomic mass is 19.1. The maximum absolute atomic E-state index is 17.0. The Morgan fingerprint density at radius 2 is 1.34 bits per heavy atom. The molecule has 4 N–H and O–H groups in total. The number of aromatic nitrogens is 5. The van der Waals surface area contributed by atoms with Crippen molar-refractivity contribution >= 4 is 34.9 Å². The van der Waals surface area contributed by atoms with Gasteiger partial charge in [0.05, 0.1) is 73.0 Å². The molecular weight excluding hydrogens is 910 g/mol. The van der Waals surface area contributed by atoms with Crippen molar-refractivity contribution in [2.24, 2.45) is 11.8 Å². The van der Waals surface area contributed by atoms with Crippen LogP contribution in [0.15, 0.2) is 67.0 Å². The molecule has 1 unspecified atom stereocenters. The first kappa shape index (κ1) is 47.3. The SMILES string of the molecule is COC(=O)N[C@H](C(=O)N1CCC[C@H]1c1ncc(-c2cc(F)c3c(c2)OC(c2ccc4c(c2)CC[C@H](C)O4)n2c-3cc3cc(-c4cnc([C@@H]5CCCN5C(=O)[C@@H](NC(=O)OC)C(C)C)[nH]4)ccc32)[nH]1)C(C)C. The van der Waals surface area contributed by atoms with Gasteiger partial charge in [-0.05, 0) is 111 Å². The summed E-state index contributed by atoms with van der Waals surface area (Å²) in [6.45, 7) is 10.6. The van der Waals surface area contributed by atoms with Crippen LogP contribution in [0.25, 0.3) is 44.7 Å². The number of nitrogens with zero attached hydrogens (tertiary/aromatic N) is 5. The van der Waals surface area contributed by atoms with Crippen LogP contribution in [0.4, 0.5) is 14.0 Å². The minimum atomic E-state index is -0.779. The van der Waals surface area contributed by atoms with Crippen molar-refractivity contribution in [2.75, 3.05) is 27.3 Å². The maximum atomic E-state index is 17.0. The van der Waals surface area contributed by atoms with Gasteiger partial charge in [0.1, 0.15) is 41.0 Å². The molecule has 71 heavy (non-hydrogen) atoms. The van der Waals surface area contributed by atoms with Gasteiger partial charge in [-0.2, -0.15) is 0 Å². The van der Waals surface area contributed by atoms with Crippen molar-refractivity contribution in [3.8, 4) is 45.3 Å². The number of amides is 4. The van der Waals surface area contributed by atoms with Crippen molar-refractivity contribution < 1.29 is 42.5 Å². The fourth-order valence-corrected chi connectivity index (χ4v) is 10.7. The second-order valence-electron chi connectivity index (χ2n) is 19.8. The van der Waals surface area contributed by atoms with Crippen molar-refractivity contribution in [1.29, 1.82) is 0 Å². The minimum Gasteiger partial charge on any atom is -0.490 e. The lowest BCUT2D eigenvalue weighted by Gasteiger charge is -2.32. The van der Waals surface area contributed by atoms with Gasteiger partial charge in [0.2, 0.25) is 18.0 Å². The van der Waals surface area contributed by atoms with E-state index in [1.54, 1.807) is 22.2 Å². The molecule has 0 radical (unpaired) electrons. The van der Waals surface area contributed by atoms with E-state index in [-0.39, 0.29) is 41.8 Å². The average Bonchev–Trinajstić information content (AvgIpc) is 4.23. The van der Waals surface area contributed by atoms with E-state index in [1.807, 2.05) is 74.7 Å². The van der Waals surface area contributed by atoms with Gasteiger partial charge in [-0.25, -0.2) is 23.9 Å². The summed E-state index contributed by atoms with van der Waals surface area (Å²) < 4.78 is 41.8. The molecule has 3 aromatic heterocycles. The number of hydrogen-bond donors (Lipinski definition) is 4. The van der Waals surface area contributed by atoms with Crippen LogP contribution >= 0.6 is 0 Å². The first-order valence-corrected chi connectivity index (χ1v) is 24.6. The van der Waals surface area contributed by atoms with E-state index < -0.39 is 36.3 Å². The fraction of sp³-hybridized carbons (Fsp3) is 0.434. The molecule has 0 bridgehead atoms. The standard InChI is InChI=1S/C53H60FN9O8/c1-27(2)45(59-52(66)68-6)49(64)61-18-8-10-39(61)47-55-25-36(57-47)30-14-16-38-34(20-30)23-41-44-35(54)22-33(24-43(44)71-51(63(38)41)32-15-17-42-31(21-32)13-12-29(5)70-42)37-26-56-48(58-37)40-11-9-19-62(40)50(65)46(28(3)4)60-53(67)69-7/h14-17,20-29,39-40,45-46,51H,8-13,18-19H2,1-7H3,(H,55,57)(H,56,58)(H,59,66)(H,60,67)/t29-,39-,40-,45-,46-,51?/m0/s1. The molecule has 3 aromatic carbocycles. The topological polar surface area (TPSA) is 198 Å². The first-order valence-electron chi connectivity index (χ1n) is 24.6. The summed E-state index contributed by atoms with van der Waals surface area (Å²) in [6.07, 6.45) is 6.20. The molecule has 4 aliphatic heterocycles. The molecule has 17 nitrogen and oxygen atoms in total. The Morgan fingerprint density at radius 1 is 0.732 bits per heavy atom. The molecule has 18 heteroatoms. The van der Waals surface area contributed by atoms with Gasteiger partial charge in [0.25, 0.3) is 0 Å². The zero-order valence-electron chi connectivity index (χ0n) is 41.0. The lowest BCUT2D eigenvalue weighted by Crippen LogP contribution is -2.51. The van der Waals surface area contributed by atoms with Gasteiger partial charge in [0.15, 0.2) is 0 Å². The molecule has 0 aliphatic carbocycles. The van der Waals surface area contributed by atoms with Crippen LogP contribution in [0.3, 0.4) is 0 Å². The van der Waals surface area contributed by atoms with Crippen molar-refractivity contribution in [1.82, 2.24) is 44.9 Å². The van der Waals surface area contributed by atoms with E-state index in [0.29, 0.717) is 65.8 Å². The van der Waals surface area contributed by atoms with E-state index in [9.17, 15) is 19.2 Å². The van der Waals surface area contributed by atoms with Gasteiger partial charge in [0, 0.05) is 35.2 Å². The number of alkyl carbamates (subject to hydrolysis) is 2. The molecular formula is C53H60FN9O8. The second-order valence-corrected chi connectivity index (χ2v) is 19.8. The third-order valence-electron chi connectivity index (χ3n) is 14.4. The largest absolute Gasteiger partial charge is 0.490 e. The van der Waals surface area contributed by atoms with Crippen LogP contribution in [0.2, 0.25) is 0 Å². The number of aromatic amines is 2. The summed E-state index contributed by atoms with van der Waals surface area (Å²) in [7, 11) is 2.54. The molecule has 4 amide bonds. The summed E-state index contributed by atoms with van der Waals surface area (Å²) in [5, 5.41) is 6.26. The Kier molecular flexibility index (Phi) is 12.7. The van der Waals surface area contributed by atoms with Crippen molar-refractivity contribution in [2.45, 2.75) is 110 Å². The summed E-state index contributed by atoms with van der Waals surface area (Å²) >= 11 is 0. The average molecular weight is 970 g/mol. The number of ether oxygens (including phenoxy) is 4. The molecule has 0 saturated carbocycles. The van der Waals surface area contributed by atoms with E-state index in [1.165, 1.54) is 20.3 Å². The Balaban J connectivity index is 0.985. The molecule has 372 valence electrons. The zero-order chi connectivity index (χ0) is 49.8. The third kappa shape index (κ3) is 8.81. The highest BCUT2D eigenvalue weighted by Crippen LogP contribution is 2.48. The number of hydrogen-bond acceptors (Lipinski definition) is 10. The Morgan fingerprint density at radius 3 is 1.93 bits per heavy atom. The number of H-pyrrole nitrogens is 2. The zero-order valence-corrected chi connectivity index (χ0v) is 41.0. The number of benzene rings is 3. The number of fused-ring (bicyclic) bond motifs is 6. The molecule has 7 heterocycles. The van der Waals surface area contributed by atoms with Crippen LogP contribution in [-0.2, 0) is 25.5 Å². The number of halogens is 1. The van der Waals surface area contributed by atoms with E-state index in [0.717, 1.165) is 64.7 Å².